The molecule has 1 unspecified atom stereocenters. The number of nitrogens with one attached hydrogen (secondary N) is 2. The summed E-state index contributed by atoms with van der Waals surface area (Å²) >= 11 is 0. The van der Waals surface area contributed by atoms with Gasteiger partial charge in [0.25, 0.3) is 0 Å². The SMILES string of the molecule is O=C(O)[C@H]1C2CCC(CC2)C1Nc1cc(-c2c[nH]c3ncc(F)cc23)c2nncn2c1. The fourth-order valence-electron chi connectivity index (χ4n) is 5.62. The van der Waals surface area contributed by atoms with E-state index in [1.807, 2.05) is 12.3 Å². The molecule has 0 aliphatic heterocycles. The fraction of sp³-hybridized carbons (Fsp3) is 0.364. The van der Waals surface area contributed by atoms with Gasteiger partial charge in [0.1, 0.15) is 17.8 Å². The summed E-state index contributed by atoms with van der Waals surface area (Å²) in [6, 6.07) is 3.27. The monoisotopic (exact) mass is 420 g/mol. The minimum absolute atomic E-state index is 0.117. The standard InChI is InChI=1S/C22H21FN6O2/c23-13-5-15-17(8-25-20(15)24-7-13)16-6-14(9-29-10-26-28-21(16)29)27-19-12-3-1-11(2-4-12)18(19)22(30)31/h5-12,18-19,27H,1-4H2,(H,24,25)(H,30,31)/t11?,12?,18-,19?/m0/s1. The van der Waals surface area contributed by atoms with E-state index in [9.17, 15) is 14.3 Å². The van der Waals surface area contributed by atoms with Crippen LogP contribution in [-0.2, 0) is 4.79 Å². The molecule has 2 bridgehead atoms. The zero-order chi connectivity index (χ0) is 21.1. The third kappa shape index (κ3) is 2.87. The lowest BCUT2D eigenvalue weighted by molar-refractivity contribution is -0.148. The molecule has 31 heavy (non-hydrogen) atoms. The van der Waals surface area contributed by atoms with E-state index in [2.05, 4.69) is 25.5 Å². The van der Waals surface area contributed by atoms with Gasteiger partial charge < -0.3 is 15.4 Å². The minimum Gasteiger partial charge on any atom is -0.481 e. The van der Waals surface area contributed by atoms with E-state index in [-0.39, 0.29) is 17.9 Å². The van der Waals surface area contributed by atoms with E-state index in [0.29, 0.717) is 22.6 Å². The number of aromatic amines is 1. The number of rotatable bonds is 4. The van der Waals surface area contributed by atoms with Crippen molar-refractivity contribution in [2.24, 2.45) is 17.8 Å². The molecule has 4 aromatic rings. The maximum absolute atomic E-state index is 13.9. The lowest BCUT2D eigenvalue weighted by Crippen LogP contribution is -2.51. The second kappa shape index (κ2) is 6.76. The maximum atomic E-state index is 13.9. The van der Waals surface area contributed by atoms with Gasteiger partial charge in [-0.05, 0) is 49.7 Å². The third-order valence-electron chi connectivity index (χ3n) is 7.02. The Hall–Kier alpha value is -3.49. The minimum atomic E-state index is -0.726. The van der Waals surface area contributed by atoms with Crippen LogP contribution < -0.4 is 5.32 Å². The summed E-state index contributed by atoms with van der Waals surface area (Å²) in [5.74, 6) is -0.962. The van der Waals surface area contributed by atoms with Crippen LogP contribution in [0, 0.1) is 23.6 Å². The molecule has 3 fully saturated rings. The largest absolute Gasteiger partial charge is 0.481 e. The summed E-state index contributed by atoms with van der Waals surface area (Å²) in [4.78, 5) is 19.2. The van der Waals surface area contributed by atoms with E-state index in [4.69, 9.17) is 0 Å². The van der Waals surface area contributed by atoms with Crippen LogP contribution in [0.15, 0.2) is 37.1 Å². The molecular weight excluding hydrogens is 399 g/mol. The fourth-order valence-corrected chi connectivity index (χ4v) is 5.62. The summed E-state index contributed by atoms with van der Waals surface area (Å²) in [6.07, 6.45) is 10.5. The van der Waals surface area contributed by atoms with Crippen LogP contribution >= 0.6 is 0 Å². The predicted molar refractivity (Wildman–Crippen MR) is 112 cm³/mol. The number of hydrogen-bond donors (Lipinski definition) is 3. The number of anilines is 1. The van der Waals surface area contributed by atoms with Crippen molar-refractivity contribution in [2.75, 3.05) is 5.32 Å². The molecule has 9 heteroatoms. The Morgan fingerprint density at radius 3 is 2.81 bits per heavy atom. The Balaban J connectivity index is 1.45. The molecule has 3 aliphatic rings. The van der Waals surface area contributed by atoms with Gasteiger partial charge in [0.15, 0.2) is 5.65 Å². The topological polar surface area (TPSA) is 108 Å². The van der Waals surface area contributed by atoms with Gasteiger partial charge in [0, 0.05) is 34.9 Å². The molecule has 3 N–H and O–H groups in total. The van der Waals surface area contributed by atoms with Gasteiger partial charge in [-0.15, -0.1) is 10.2 Å². The molecule has 3 aliphatic carbocycles. The Kier molecular flexibility index (Phi) is 3.99. The number of carboxylic acid groups (broad SMARTS) is 1. The lowest BCUT2D eigenvalue weighted by atomic mass is 9.61. The quantitative estimate of drug-likeness (QED) is 0.464. The number of H-pyrrole nitrogens is 1. The van der Waals surface area contributed by atoms with Gasteiger partial charge in [0.2, 0.25) is 0 Å². The molecule has 0 aromatic carbocycles. The number of pyridine rings is 2. The molecule has 0 spiro atoms. The van der Waals surface area contributed by atoms with E-state index in [1.165, 1.54) is 12.3 Å². The highest BCUT2D eigenvalue weighted by Crippen LogP contribution is 2.46. The van der Waals surface area contributed by atoms with Crippen LogP contribution in [0.2, 0.25) is 0 Å². The molecule has 4 aromatic heterocycles. The maximum Gasteiger partial charge on any atom is 0.308 e. The zero-order valence-electron chi connectivity index (χ0n) is 16.6. The van der Waals surface area contributed by atoms with Crippen LogP contribution in [0.25, 0.3) is 27.8 Å². The molecule has 7 rings (SSSR count). The summed E-state index contributed by atoms with van der Waals surface area (Å²) in [6.45, 7) is 0. The first kappa shape index (κ1) is 18.3. The smallest absolute Gasteiger partial charge is 0.308 e. The van der Waals surface area contributed by atoms with Crippen molar-refractivity contribution in [2.45, 2.75) is 31.7 Å². The van der Waals surface area contributed by atoms with Gasteiger partial charge in [-0.3, -0.25) is 9.20 Å². The highest BCUT2D eigenvalue weighted by Gasteiger charge is 2.47. The number of carboxylic acids is 1. The lowest BCUT2D eigenvalue weighted by Gasteiger charge is -2.47. The molecule has 0 amide bonds. The number of fused-ring (bicyclic) bond motifs is 5. The molecule has 0 radical (unpaired) electrons. The number of aromatic nitrogens is 5. The van der Waals surface area contributed by atoms with Gasteiger partial charge >= 0.3 is 5.97 Å². The molecule has 8 nitrogen and oxygen atoms in total. The van der Waals surface area contributed by atoms with Crippen molar-refractivity contribution in [1.29, 1.82) is 0 Å². The second-order valence-electron chi connectivity index (χ2n) is 8.67. The van der Waals surface area contributed by atoms with Crippen molar-refractivity contribution in [3.8, 4) is 11.1 Å². The highest BCUT2D eigenvalue weighted by atomic mass is 19.1. The van der Waals surface area contributed by atoms with Gasteiger partial charge in [-0.2, -0.15) is 0 Å². The van der Waals surface area contributed by atoms with Crippen molar-refractivity contribution in [3.63, 3.8) is 0 Å². The Bertz CT molecular complexity index is 1310. The van der Waals surface area contributed by atoms with Crippen molar-refractivity contribution >= 4 is 28.3 Å². The molecular formula is C22H21FN6O2. The molecule has 0 saturated heterocycles. The Labute approximate surface area is 176 Å². The van der Waals surface area contributed by atoms with Gasteiger partial charge in [-0.25, -0.2) is 9.37 Å². The molecule has 4 heterocycles. The highest BCUT2D eigenvalue weighted by molar-refractivity contribution is 5.98. The second-order valence-corrected chi connectivity index (χ2v) is 8.67. The van der Waals surface area contributed by atoms with Crippen LogP contribution in [-0.4, -0.2) is 41.7 Å². The van der Waals surface area contributed by atoms with Crippen LogP contribution in [0.4, 0.5) is 10.1 Å². The number of hydrogen-bond acceptors (Lipinski definition) is 5. The first-order valence-electron chi connectivity index (χ1n) is 10.5. The summed E-state index contributed by atoms with van der Waals surface area (Å²) in [5, 5.41) is 22.3. The predicted octanol–water partition coefficient (Wildman–Crippen LogP) is 3.71. The molecule has 2 atom stereocenters. The first-order valence-corrected chi connectivity index (χ1v) is 10.5. The van der Waals surface area contributed by atoms with E-state index in [0.717, 1.165) is 42.5 Å². The number of nitrogens with zero attached hydrogens (tertiary/aromatic N) is 4. The third-order valence-corrected chi connectivity index (χ3v) is 7.02. The number of halogens is 1. The Morgan fingerprint density at radius 1 is 1.19 bits per heavy atom. The van der Waals surface area contributed by atoms with E-state index < -0.39 is 11.8 Å². The Morgan fingerprint density at radius 2 is 2.00 bits per heavy atom. The number of aliphatic carboxylic acids is 1. The summed E-state index contributed by atoms with van der Waals surface area (Å²) in [5.41, 5.74) is 3.56. The average Bonchev–Trinajstić information content (AvgIpc) is 3.40. The van der Waals surface area contributed by atoms with Crippen molar-refractivity contribution < 1.29 is 14.3 Å². The summed E-state index contributed by atoms with van der Waals surface area (Å²) in [7, 11) is 0. The normalized spacial score (nSPS) is 25.3. The van der Waals surface area contributed by atoms with Gasteiger partial charge in [0.05, 0.1) is 17.8 Å². The summed E-state index contributed by atoms with van der Waals surface area (Å²) < 4.78 is 15.7. The molecule has 158 valence electrons. The van der Waals surface area contributed by atoms with Crippen molar-refractivity contribution in [3.05, 3.63) is 42.9 Å². The van der Waals surface area contributed by atoms with Crippen LogP contribution in [0.5, 0.6) is 0 Å². The van der Waals surface area contributed by atoms with Gasteiger partial charge in [-0.1, -0.05) is 0 Å². The molecule has 3 saturated carbocycles. The van der Waals surface area contributed by atoms with Crippen molar-refractivity contribution in [1.82, 2.24) is 24.6 Å². The average molecular weight is 420 g/mol. The first-order chi connectivity index (χ1) is 15.1. The van der Waals surface area contributed by atoms with E-state index >= 15 is 0 Å². The zero-order valence-corrected chi connectivity index (χ0v) is 16.6. The number of carbonyl (C=O) groups is 1. The van der Waals surface area contributed by atoms with Crippen LogP contribution in [0.1, 0.15) is 25.7 Å². The van der Waals surface area contributed by atoms with Crippen LogP contribution in [0.3, 0.4) is 0 Å². The van der Waals surface area contributed by atoms with E-state index in [1.54, 1.807) is 16.9 Å².